The Morgan fingerprint density at radius 3 is 2.59 bits per heavy atom. The molecule has 3 aromatic rings. The van der Waals surface area contributed by atoms with Gasteiger partial charge in [-0.2, -0.15) is 0 Å². The third-order valence-corrected chi connectivity index (χ3v) is 5.68. The quantitative estimate of drug-likeness (QED) is 0.684. The van der Waals surface area contributed by atoms with Crippen molar-refractivity contribution >= 4 is 16.6 Å². The van der Waals surface area contributed by atoms with Crippen molar-refractivity contribution in [2.45, 2.75) is 32.6 Å². The molecule has 1 aliphatic rings. The van der Waals surface area contributed by atoms with E-state index in [-0.39, 0.29) is 5.41 Å². The largest absolute Gasteiger partial charge is 0.496 e. The van der Waals surface area contributed by atoms with Crippen LogP contribution in [0.4, 0.5) is 5.69 Å². The van der Waals surface area contributed by atoms with Gasteiger partial charge in [-0.05, 0) is 29.2 Å². The maximum Gasteiger partial charge on any atom is 0.126 e. The number of methoxy groups -OCH3 is 1. The Kier molecular flexibility index (Phi) is 5.13. The highest BCUT2D eigenvalue weighted by atomic mass is 16.5. The van der Waals surface area contributed by atoms with Gasteiger partial charge in [-0.1, -0.05) is 45.0 Å². The first-order chi connectivity index (χ1) is 13.9. The maximum atomic E-state index is 5.98. The number of benzene rings is 2. The van der Waals surface area contributed by atoms with Gasteiger partial charge in [0.05, 0.1) is 13.8 Å². The summed E-state index contributed by atoms with van der Waals surface area (Å²) in [6, 6.07) is 13.2. The van der Waals surface area contributed by atoms with Gasteiger partial charge in [0.1, 0.15) is 5.75 Å². The van der Waals surface area contributed by atoms with Crippen LogP contribution in [0.5, 0.6) is 5.75 Å². The molecule has 152 valence electrons. The maximum absolute atomic E-state index is 5.98. The lowest BCUT2D eigenvalue weighted by molar-refractivity contribution is 0.393. The number of hydrogen-bond donors (Lipinski definition) is 1. The molecule has 0 unspecified atom stereocenters. The van der Waals surface area contributed by atoms with Crippen LogP contribution < -0.4 is 15.0 Å². The monoisotopic (exact) mass is 389 g/mol. The number of aromatic nitrogens is 1. The third-order valence-electron chi connectivity index (χ3n) is 5.68. The van der Waals surface area contributed by atoms with E-state index in [1.807, 2.05) is 0 Å². The van der Waals surface area contributed by atoms with Gasteiger partial charge in [-0.3, -0.25) is 5.32 Å². The number of fused-ring (bicyclic) bond motifs is 1. The van der Waals surface area contributed by atoms with E-state index < -0.39 is 0 Å². The fourth-order valence-corrected chi connectivity index (χ4v) is 4.22. The van der Waals surface area contributed by atoms with E-state index in [9.17, 15) is 0 Å². The standard InChI is InChI=1S/C25H31N3O/c1-25(2,3)22-15-20(28-12-8-11-26-17-28)14-18(24(22)29-5)13-19-16-27(4)23-10-7-6-9-21(19)23/h6-10,12,14-16,26H,11,13,17H2,1-5H3. The summed E-state index contributed by atoms with van der Waals surface area (Å²) in [4.78, 5) is 2.27. The van der Waals surface area contributed by atoms with Gasteiger partial charge < -0.3 is 14.2 Å². The van der Waals surface area contributed by atoms with E-state index in [4.69, 9.17) is 4.74 Å². The van der Waals surface area contributed by atoms with E-state index >= 15 is 0 Å². The van der Waals surface area contributed by atoms with E-state index in [2.05, 4.69) is 97.5 Å². The van der Waals surface area contributed by atoms with Crippen molar-refractivity contribution in [1.29, 1.82) is 0 Å². The van der Waals surface area contributed by atoms with Crippen molar-refractivity contribution in [3.63, 3.8) is 0 Å². The summed E-state index contributed by atoms with van der Waals surface area (Å²) in [6.07, 6.45) is 7.42. The lowest BCUT2D eigenvalue weighted by atomic mass is 9.83. The first-order valence-electron chi connectivity index (χ1n) is 10.3. The highest BCUT2D eigenvalue weighted by Gasteiger charge is 2.24. The summed E-state index contributed by atoms with van der Waals surface area (Å²) >= 11 is 0. The molecule has 0 aliphatic carbocycles. The van der Waals surface area contributed by atoms with Crippen LogP contribution in [0.2, 0.25) is 0 Å². The van der Waals surface area contributed by atoms with Crippen LogP contribution in [0.3, 0.4) is 0 Å². The van der Waals surface area contributed by atoms with Gasteiger partial charge in [0.15, 0.2) is 0 Å². The molecule has 4 rings (SSSR count). The summed E-state index contributed by atoms with van der Waals surface area (Å²) in [5.41, 5.74) is 6.25. The minimum Gasteiger partial charge on any atom is -0.496 e. The van der Waals surface area contributed by atoms with Gasteiger partial charge in [-0.25, -0.2) is 0 Å². The fourth-order valence-electron chi connectivity index (χ4n) is 4.22. The van der Waals surface area contributed by atoms with Crippen LogP contribution in [-0.4, -0.2) is 24.9 Å². The number of rotatable bonds is 4. The second kappa shape index (κ2) is 7.60. The van der Waals surface area contributed by atoms with Crippen LogP contribution in [0.15, 0.2) is 54.9 Å². The van der Waals surface area contributed by atoms with Gasteiger partial charge in [0.2, 0.25) is 0 Å². The SMILES string of the molecule is COc1c(Cc2cn(C)c3ccccc23)cc(N2C=CCNC2)cc1C(C)(C)C. The number of nitrogens with zero attached hydrogens (tertiary/aromatic N) is 2. The molecule has 0 fully saturated rings. The Morgan fingerprint density at radius 1 is 1.10 bits per heavy atom. The van der Waals surface area contributed by atoms with Crippen molar-refractivity contribution in [2.24, 2.45) is 7.05 Å². The number of nitrogens with one attached hydrogen (secondary N) is 1. The zero-order chi connectivity index (χ0) is 20.6. The minimum absolute atomic E-state index is 0.0121. The zero-order valence-corrected chi connectivity index (χ0v) is 18.1. The Hall–Kier alpha value is -2.72. The Bertz CT molecular complexity index is 1060. The molecule has 0 bridgehead atoms. The predicted octanol–water partition coefficient (Wildman–Crippen LogP) is 4.96. The summed E-state index contributed by atoms with van der Waals surface area (Å²) in [7, 11) is 3.91. The molecule has 29 heavy (non-hydrogen) atoms. The smallest absolute Gasteiger partial charge is 0.126 e. The fraction of sp³-hybridized carbons (Fsp3) is 0.360. The van der Waals surface area contributed by atoms with Crippen LogP contribution in [0, 0.1) is 0 Å². The van der Waals surface area contributed by atoms with E-state index in [1.54, 1.807) is 7.11 Å². The normalized spacial score (nSPS) is 14.6. The Morgan fingerprint density at radius 2 is 1.90 bits per heavy atom. The van der Waals surface area contributed by atoms with Crippen molar-refractivity contribution in [2.75, 3.05) is 25.2 Å². The van der Waals surface area contributed by atoms with Crippen molar-refractivity contribution in [3.05, 3.63) is 71.6 Å². The van der Waals surface area contributed by atoms with Gasteiger partial charge in [-0.15, -0.1) is 0 Å². The lowest BCUT2D eigenvalue weighted by Crippen LogP contribution is -2.34. The highest BCUT2D eigenvalue weighted by Crippen LogP contribution is 2.39. The molecule has 0 atom stereocenters. The molecule has 2 aromatic carbocycles. The molecule has 1 aromatic heterocycles. The number of para-hydroxylation sites is 1. The van der Waals surface area contributed by atoms with Crippen molar-refractivity contribution in [1.82, 2.24) is 9.88 Å². The van der Waals surface area contributed by atoms with E-state index in [0.717, 1.165) is 25.4 Å². The summed E-state index contributed by atoms with van der Waals surface area (Å²) < 4.78 is 8.19. The lowest BCUT2D eigenvalue weighted by Gasteiger charge is -2.30. The Labute approximate surface area is 173 Å². The second-order valence-corrected chi connectivity index (χ2v) is 8.86. The average Bonchev–Trinajstić information content (AvgIpc) is 3.03. The first kappa shape index (κ1) is 19.6. The van der Waals surface area contributed by atoms with E-state index in [1.165, 1.54) is 33.3 Å². The predicted molar refractivity (Wildman–Crippen MR) is 122 cm³/mol. The van der Waals surface area contributed by atoms with Crippen LogP contribution >= 0.6 is 0 Å². The number of aryl methyl sites for hydroxylation is 1. The van der Waals surface area contributed by atoms with Gasteiger partial charge in [0, 0.05) is 60.1 Å². The molecule has 0 saturated heterocycles. The molecule has 0 amide bonds. The number of anilines is 1. The van der Waals surface area contributed by atoms with Crippen LogP contribution in [-0.2, 0) is 18.9 Å². The third kappa shape index (κ3) is 3.77. The molecule has 0 saturated carbocycles. The number of hydrogen-bond acceptors (Lipinski definition) is 3. The molecule has 2 heterocycles. The topological polar surface area (TPSA) is 29.4 Å². The van der Waals surface area contributed by atoms with Crippen LogP contribution in [0.1, 0.15) is 37.5 Å². The zero-order valence-electron chi connectivity index (χ0n) is 18.1. The first-order valence-corrected chi connectivity index (χ1v) is 10.3. The number of ether oxygens (including phenoxy) is 1. The molecular formula is C25H31N3O. The Balaban J connectivity index is 1.86. The molecule has 1 aliphatic heterocycles. The molecule has 0 spiro atoms. The van der Waals surface area contributed by atoms with Crippen molar-refractivity contribution in [3.8, 4) is 5.75 Å². The molecule has 1 N–H and O–H groups in total. The highest BCUT2D eigenvalue weighted by molar-refractivity contribution is 5.84. The van der Waals surface area contributed by atoms with Crippen LogP contribution in [0.25, 0.3) is 10.9 Å². The van der Waals surface area contributed by atoms with Crippen molar-refractivity contribution < 1.29 is 4.74 Å². The van der Waals surface area contributed by atoms with Gasteiger partial charge >= 0.3 is 0 Å². The minimum atomic E-state index is -0.0121. The van der Waals surface area contributed by atoms with E-state index in [0.29, 0.717) is 0 Å². The summed E-state index contributed by atoms with van der Waals surface area (Å²) in [5, 5.41) is 4.73. The second-order valence-electron chi connectivity index (χ2n) is 8.86. The molecule has 4 heteroatoms. The summed E-state index contributed by atoms with van der Waals surface area (Å²) in [5.74, 6) is 1.00. The molecular weight excluding hydrogens is 358 g/mol. The average molecular weight is 390 g/mol. The summed E-state index contributed by atoms with van der Waals surface area (Å²) in [6.45, 7) is 8.49. The molecule has 0 radical (unpaired) electrons. The van der Waals surface area contributed by atoms with Gasteiger partial charge in [0.25, 0.3) is 0 Å². The molecule has 4 nitrogen and oxygen atoms in total.